The van der Waals surface area contributed by atoms with Crippen molar-refractivity contribution in [1.82, 2.24) is 9.47 Å². The van der Waals surface area contributed by atoms with Gasteiger partial charge < -0.3 is 9.32 Å². The molecule has 3 heterocycles. The number of hydrogen-bond donors (Lipinski definition) is 0. The summed E-state index contributed by atoms with van der Waals surface area (Å²) in [4.78, 5) is 13.6. The van der Waals surface area contributed by atoms with Crippen LogP contribution in [0.15, 0.2) is 64.3 Å². The maximum atomic E-state index is 14.3. The van der Waals surface area contributed by atoms with Crippen molar-refractivity contribution in [2.24, 2.45) is 0 Å². The number of halogens is 1. The number of furan rings is 1. The van der Waals surface area contributed by atoms with Crippen LogP contribution in [0.3, 0.4) is 0 Å². The number of aromatic nitrogens is 1. The molecule has 0 saturated heterocycles. The van der Waals surface area contributed by atoms with Crippen LogP contribution in [0.25, 0.3) is 5.88 Å². The molecular formula is C15H13FN2O2. The number of pyridine rings is 1. The monoisotopic (exact) mass is 272 g/mol. The fraction of sp³-hybridized carbons (Fsp3) is 0.133. The molecule has 0 unspecified atom stereocenters. The third kappa shape index (κ3) is 2.30. The van der Waals surface area contributed by atoms with Gasteiger partial charge in [0.15, 0.2) is 5.82 Å². The van der Waals surface area contributed by atoms with Crippen molar-refractivity contribution < 1.29 is 8.81 Å². The van der Waals surface area contributed by atoms with Crippen LogP contribution < -0.4 is 5.56 Å². The fourth-order valence-corrected chi connectivity index (χ4v) is 2.08. The first-order valence-electron chi connectivity index (χ1n) is 6.27. The minimum absolute atomic E-state index is 0.0675. The summed E-state index contributed by atoms with van der Waals surface area (Å²) in [5.74, 6) is -0.566. The van der Waals surface area contributed by atoms with Crippen LogP contribution >= 0.6 is 0 Å². The van der Waals surface area contributed by atoms with Gasteiger partial charge in [-0.05, 0) is 18.3 Å². The van der Waals surface area contributed by atoms with E-state index in [1.54, 1.807) is 12.1 Å². The molecule has 20 heavy (non-hydrogen) atoms. The van der Waals surface area contributed by atoms with Crippen LogP contribution in [0, 0.1) is 5.82 Å². The lowest BCUT2D eigenvalue weighted by molar-refractivity contribution is 0.396. The zero-order valence-corrected chi connectivity index (χ0v) is 10.7. The molecule has 0 spiro atoms. The van der Waals surface area contributed by atoms with Crippen molar-refractivity contribution in [3.63, 3.8) is 0 Å². The van der Waals surface area contributed by atoms with E-state index in [9.17, 15) is 9.18 Å². The van der Waals surface area contributed by atoms with Crippen molar-refractivity contribution in [3.8, 4) is 5.88 Å². The normalized spacial score (nSPS) is 13.9. The fourth-order valence-electron chi connectivity index (χ4n) is 2.08. The standard InChI is InChI=1S/C15H13FN2O2/c16-14-12(10-17-7-3-1-4-8-17)11-20-15(14)18-9-5-2-6-13(18)19/h1-7,9,11H,8,10H2. The summed E-state index contributed by atoms with van der Waals surface area (Å²) in [6, 6.07) is 4.62. The molecule has 0 N–H and O–H groups in total. The van der Waals surface area contributed by atoms with Crippen molar-refractivity contribution in [1.29, 1.82) is 0 Å². The third-order valence-electron chi connectivity index (χ3n) is 3.08. The number of rotatable bonds is 3. The van der Waals surface area contributed by atoms with Gasteiger partial charge in [0.1, 0.15) is 6.26 Å². The van der Waals surface area contributed by atoms with Gasteiger partial charge in [0.25, 0.3) is 5.56 Å². The Kier molecular flexibility index (Phi) is 3.25. The molecule has 0 amide bonds. The average Bonchev–Trinajstić information content (AvgIpc) is 2.82. The molecule has 102 valence electrons. The molecule has 2 aromatic heterocycles. The van der Waals surface area contributed by atoms with Gasteiger partial charge in [-0.2, -0.15) is 0 Å². The van der Waals surface area contributed by atoms with Gasteiger partial charge in [0.2, 0.25) is 5.88 Å². The molecule has 5 heteroatoms. The summed E-state index contributed by atoms with van der Waals surface area (Å²) >= 11 is 0. The summed E-state index contributed by atoms with van der Waals surface area (Å²) in [6.45, 7) is 1.12. The van der Waals surface area contributed by atoms with Crippen LogP contribution in [0.4, 0.5) is 4.39 Å². The summed E-state index contributed by atoms with van der Waals surface area (Å²) in [6.07, 6.45) is 10.6. The van der Waals surface area contributed by atoms with Crippen LogP contribution in [0.5, 0.6) is 0 Å². The smallest absolute Gasteiger partial charge is 0.257 e. The molecule has 0 fully saturated rings. The second-order valence-electron chi connectivity index (χ2n) is 4.49. The lowest BCUT2D eigenvalue weighted by Gasteiger charge is -2.19. The first kappa shape index (κ1) is 12.5. The molecule has 0 aliphatic carbocycles. The highest BCUT2D eigenvalue weighted by Crippen LogP contribution is 2.20. The average molecular weight is 272 g/mol. The topological polar surface area (TPSA) is 38.4 Å². The SMILES string of the molecule is O=c1ccccn1-c1occ(CN2C=CC=CC2)c1F. The van der Waals surface area contributed by atoms with Gasteiger partial charge in [-0.3, -0.25) is 9.36 Å². The molecule has 1 aliphatic rings. The summed E-state index contributed by atoms with van der Waals surface area (Å²) < 4.78 is 20.7. The molecule has 0 saturated carbocycles. The lowest BCUT2D eigenvalue weighted by Crippen LogP contribution is -2.19. The predicted octanol–water partition coefficient (Wildman–Crippen LogP) is 2.46. The predicted molar refractivity (Wildman–Crippen MR) is 73.0 cm³/mol. The van der Waals surface area contributed by atoms with E-state index in [1.807, 2.05) is 29.3 Å². The van der Waals surface area contributed by atoms with E-state index in [1.165, 1.54) is 18.5 Å². The Morgan fingerprint density at radius 3 is 2.95 bits per heavy atom. The largest absolute Gasteiger partial charge is 0.445 e. The number of hydrogen-bond acceptors (Lipinski definition) is 3. The molecule has 0 radical (unpaired) electrons. The van der Waals surface area contributed by atoms with E-state index in [4.69, 9.17) is 4.42 Å². The van der Waals surface area contributed by atoms with E-state index in [2.05, 4.69) is 0 Å². The van der Waals surface area contributed by atoms with E-state index < -0.39 is 5.82 Å². The van der Waals surface area contributed by atoms with Crippen LogP contribution in [-0.4, -0.2) is 16.0 Å². The Hall–Kier alpha value is -2.56. The van der Waals surface area contributed by atoms with Gasteiger partial charge in [0.05, 0.1) is 0 Å². The van der Waals surface area contributed by atoms with Crippen LogP contribution in [-0.2, 0) is 6.54 Å². The first-order chi connectivity index (χ1) is 9.75. The van der Waals surface area contributed by atoms with E-state index in [-0.39, 0.29) is 11.4 Å². The lowest BCUT2D eigenvalue weighted by atomic mass is 10.2. The molecule has 0 bridgehead atoms. The quantitative estimate of drug-likeness (QED) is 0.861. The van der Waals surface area contributed by atoms with Gasteiger partial charge in [-0.1, -0.05) is 18.2 Å². The highest BCUT2D eigenvalue weighted by molar-refractivity contribution is 5.29. The maximum absolute atomic E-state index is 14.3. The van der Waals surface area contributed by atoms with E-state index in [0.717, 1.165) is 11.1 Å². The summed E-state index contributed by atoms with van der Waals surface area (Å²) in [7, 11) is 0. The highest BCUT2D eigenvalue weighted by Gasteiger charge is 2.17. The second-order valence-corrected chi connectivity index (χ2v) is 4.49. The molecule has 1 aliphatic heterocycles. The maximum Gasteiger partial charge on any atom is 0.257 e. The van der Waals surface area contributed by atoms with E-state index in [0.29, 0.717) is 12.1 Å². The van der Waals surface area contributed by atoms with E-state index >= 15 is 0 Å². The molecular weight excluding hydrogens is 259 g/mol. The van der Waals surface area contributed by atoms with Gasteiger partial charge in [0, 0.05) is 30.9 Å². The number of allylic oxidation sites excluding steroid dienone is 2. The Balaban J connectivity index is 1.89. The Bertz CT molecular complexity index is 727. The van der Waals surface area contributed by atoms with Gasteiger partial charge in [-0.15, -0.1) is 0 Å². The van der Waals surface area contributed by atoms with Crippen molar-refractivity contribution in [2.45, 2.75) is 6.54 Å². The number of nitrogens with zero attached hydrogens (tertiary/aromatic N) is 2. The molecule has 0 atom stereocenters. The molecule has 0 aromatic carbocycles. The van der Waals surface area contributed by atoms with Gasteiger partial charge >= 0.3 is 0 Å². The minimum Gasteiger partial charge on any atom is -0.445 e. The van der Waals surface area contributed by atoms with Crippen LogP contribution in [0.2, 0.25) is 0 Å². The first-order valence-corrected chi connectivity index (χ1v) is 6.27. The summed E-state index contributed by atoms with van der Waals surface area (Å²) in [5.41, 5.74) is 0.101. The zero-order valence-electron chi connectivity index (χ0n) is 10.7. The van der Waals surface area contributed by atoms with Crippen LogP contribution in [0.1, 0.15) is 5.56 Å². The van der Waals surface area contributed by atoms with Crippen molar-refractivity contribution in [3.05, 3.63) is 76.8 Å². The van der Waals surface area contributed by atoms with Crippen molar-refractivity contribution >= 4 is 0 Å². The highest BCUT2D eigenvalue weighted by atomic mass is 19.1. The summed E-state index contributed by atoms with van der Waals surface area (Å²) in [5, 5.41) is 0. The molecule has 3 rings (SSSR count). The molecule has 4 nitrogen and oxygen atoms in total. The second kappa shape index (κ2) is 5.21. The molecule has 2 aromatic rings. The van der Waals surface area contributed by atoms with Gasteiger partial charge in [-0.25, -0.2) is 4.39 Å². The Morgan fingerprint density at radius 2 is 2.20 bits per heavy atom. The zero-order chi connectivity index (χ0) is 13.9. The minimum atomic E-state index is -0.499. The van der Waals surface area contributed by atoms with Crippen molar-refractivity contribution in [2.75, 3.05) is 6.54 Å². The Labute approximate surface area is 115 Å². The third-order valence-corrected chi connectivity index (χ3v) is 3.08. The Morgan fingerprint density at radius 1 is 1.30 bits per heavy atom.